The number of anilines is 1. The van der Waals surface area contributed by atoms with Crippen LogP contribution in [0.5, 0.6) is 0 Å². The first-order chi connectivity index (χ1) is 8.86. The van der Waals surface area contributed by atoms with Crippen molar-refractivity contribution in [1.29, 1.82) is 0 Å². The number of sulfonamides is 1. The van der Waals surface area contributed by atoms with Gasteiger partial charge in [0.15, 0.2) is 0 Å². The summed E-state index contributed by atoms with van der Waals surface area (Å²) in [4.78, 5) is 1.18. The van der Waals surface area contributed by atoms with Gasteiger partial charge in [0.05, 0.1) is 9.23 Å². The van der Waals surface area contributed by atoms with Gasteiger partial charge in [0.25, 0.3) is 0 Å². The fourth-order valence-electron chi connectivity index (χ4n) is 1.60. The normalized spacial score (nSPS) is 11.5. The average molecular weight is 317 g/mol. The molecule has 102 valence electrons. The Morgan fingerprint density at radius 3 is 2.63 bits per heavy atom. The quantitative estimate of drug-likeness (QED) is 0.911. The smallest absolute Gasteiger partial charge is 0.238 e. The van der Waals surface area contributed by atoms with Crippen LogP contribution in [0, 0.1) is 6.92 Å². The van der Waals surface area contributed by atoms with E-state index in [0.29, 0.717) is 6.54 Å². The minimum atomic E-state index is -3.68. The zero-order valence-corrected chi connectivity index (χ0v) is 12.6. The Kier molecular flexibility index (Phi) is 4.15. The van der Waals surface area contributed by atoms with Gasteiger partial charge in [-0.15, -0.1) is 11.3 Å². The summed E-state index contributed by atoms with van der Waals surface area (Å²) >= 11 is 7.34. The second kappa shape index (κ2) is 5.50. The molecule has 0 atom stereocenters. The van der Waals surface area contributed by atoms with Crippen LogP contribution in [0.3, 0.4) is 0 Å². The monoisotopic (exact) mass is 316 g/mol. The number of aryl methyl sites for hydroxylation is 1. The van der Waals surface area contributed by atoms with Crippen LogP contribution >= 0.6 is 22.9 Å². The van der Waals surface area contributed by atoms with Crippen LogP contribution in [-0.4, -0.2) is 8.42 Å². The summed E-state index contributed by atoms with van der Waals surface area (Å²) in [6, 6.07) is 8.52. The topological polar surface area (TPSA) is 72.2 Å². The van der Waals surface area contributed by atoms with Gasteiger partial charge in [-0.05, 0) is 36.8 Å². The lowest BCUT2D eigenvalue weighted by Gasteiger charge is -2.10. The summed E-state index contributed by atoms with van der Waals surface area (Å²) in [5.41, 5.74) is 1.70. The summed E-state index contributed by atoms with van der Waals surface area (Å²) in [5, 5.41) is 8.30. The van der Waals surface area contributed by atoms with Crippen molar-refractivity contribution in [3.63, 3.8) is 0 Å². The van der Waals surface area contributed by atoms with Crippen LogP contribution in [0.4, 0.5) is 5.69 Å². The molecule has 7 heteroatoms. The summed E-state index contributed by atoms with van der Waals surface area (Å²) in [6.07, 6.45) is 0. The van der Waals surface area contributed by atoms with E-state index in [-0.39, 0.29) is 4.90 Å². The lowest BCUT2D eigenvalue weighted by Crippen LogP contribution is -2.12. The number of primary sulfonamides is 1. The van der Waals surface area contributed by atoms with E-state index in [2.05, 4.69) is 5.32 Å². The van der Waals surface area contributed by atoms with Gasteiger partial charge in [0.1, 0.15) is 0 Å². The zero-order chi connectivity index (χ0) is 14.0. The van der Waals surface area contributed by atoms with Gasteiger partial charge >= 0.3 is 0 Å². The highest BCUT2D eigenvalue weighted by Gasteiger charge is 2.10. The summed E-state index contributed by atoms with van der Waals surface area (Å²) in [7, 11) is -3.68. The number of benzene rings is 1. The molecule has 1 aromatic carbocycles. The first-order valence-corrected chi connectivity index (χ1v) is 8.22. The Bertz CT molecular complexity index is 696. The van der Waals surface area contributed by atoms with Crippen LogP contribution in [0.25, 0.3) is 0 Å². The zero-order valence-electron chi connectivity index (χ0n) is 10.2. The number of thiophene rings is 1. The Hall–Kier alpha value is -1.08. The molecule has 4 nitrogen and oxygen atoms in total. The molecule has 2 aromatic rings. The molecule has 2 rings (SSSR count). The third-order valence-electron chi connectivity index (χ3n) is 2.62. The SMILES string of the molecule is Cc1ccc(S(N)(=O)=O)cc1NCc1ccc(Cl)s1. The van der Waals surface area contributed by atoms with E-state index in [9.17, 15) is 8.42 Å². The highest BCUT2D eigenvalue weighted by atomic mass is 35.5. The van der Waals surface area contributed by atoms with Gasteiger partial charge in [-0.3, -0.25) is 0 Å². The number of rotatable bonds is 4. The molecule has 3 N–H and O–H groups in total. The van der Waals surface area contributed by atoms with Crippen molar-refractivity contribution >= 4 is 38.6 Å². The van der Waals surface area contributed by atoms with Crippen LogP contribution in [0.1, 0.15) is 10.4 Å². The molecule has 0 aliphatic carbocycles. The molecule has 0 radical (unpaired) electrons. The molecule has 0 unspecified atom stereocenters. The average Bonchev–Trinajstić information content (AvgIpc) is 2.72. The van der Waals surface area contributed by atoms with Crippen LogP contribution < -0.4 is 10.5 Å². The predicted octanol–water partition coefficient (Wildman–Crippen LogP) is 2.97. The number of halogens is 1. The number of nitrogens with one attached hydrogen (secondary N) is 1. The summed E-state index contributed by atoms with van der Waals surface area (Å²) in [5.74, 6) is 0. The number of hydrogen-bond donors (Lipinski definition) is 2. The molecule has 0 saturated carbocycles. The second-order valence-corrected chi connectivity index (χ2v) is 7.44. The van der Waals surface area contributed by atoms with Crippen molar-refractivity contribution in [3.05, 3.63) is 45.1 Å². The summed E-state index contributed by atoms with van der Waals surface area (Å²) < 4.78 is 23.3. The first-order valence-electron chi connectivity index (χ1n) is 5.48. The maximum absolute atomic E-state index is 11.3. The van der Waals surface area contributed by atoms with E-state index < -0.39 is 10.0 Å². The lowest BCUT2D eigenvalue weighted by atomic mass is 10.2. The number of nitrogens with two attached hydrogens (primary N) is 1. The van der Waals surface area contributed by atoms with Gasteiger partial charge in [0, 0.05) is 17.1 Å². The fraction of sp³-hybridized carbons (Fsp3) is 0.167. The molecular formula is C12H13ClN2O2S2. The van der Waals surface area contributed by atoms with Gasteiger partial charge in [-0.25, -0.2) is 13.6 Å². The highest BCUT2D eigenvalue weighted by molar-refractivity contribution is 7.89. The predicted molar refractivity (Wildman–Crippen MR) is 79.2 cm³/mol. The molecule has 19 heavy (non-hydrogen) atoms. The molecule has 0 aliphatic heterocycles. The van der Waals surface area contributed by atoms with Crippen molar-refractivity contribution in [2.45, 2.75) is 18.4 Å². The first kappa shape index (κ1) is 14.3. The largest absolute Gasteiger partial charge is 0.380 e. The van der Waals surface area contributed by atoms with E-state index in [0.717, 1.165) is 20.5 Å². The Balaban J connectivity index is 2.20. The lowest BCUT2D eigenvalue weighted by molar-refractivity contribution is 0.598. The van der Waals surface area contributed by atoms with Gasteiger partial charge in [-0.2, -0.15) is 0 Å². The molecule has 0 bridgehead atoms. The maximum atomic E-state index is 11.3. The van der Waals surface area contributed by atoms with Gasteiger partial charge < -0.3 is 5.32 Å². The minimum Gasteiger partial charge on any atom is -0.380 e. The van der Waals surface area contributed by atoms with E-state index in [1.807, 2.05) is 19.1 Å². The van der Waals surface area contributed by atoms with Crippen molar-refractivity contribution in [2.75, 3.05) is 5.32 Å². The van der Waals surface area contributed by atoms with Crippen molar-refractivity contribution < 1.29 is 8.42 Å². The molecule has 0 aliphatic rings. The standard InChI is InChI=1S/C12H13ClN2O2S2/c1-8-2-4-10(19(14,16)17)6-11(8)15-7-9-3-5-12(13)18-9/h2-6,15H,7H2,1H3,(H2,14,16,17). The van der Waals surface area contributed by atoms with Crippen molar-refractivity contribution in [2.24, 2.45) is 5.14 Å². The third kappa shape index (κ3) is 3.70. The van der Waals surface area contributed by atoms with Gasteiger partial charge in [-0.1, -0.05) is 17.7 Å². The molecule has 0 amide bonds. The summed E-state index contributed by atoms with van der Waals surface area (Å²) in [6.45, 7) is 2.49. The van der Waals surface area contributed by atoms with E-state index in [1.54, 1.807) is 12.1 Å². The Labute approximate surface area is 121 Å². The van der Waals surface area contributed by atoms with Crippen LogP contribution in [0.2, 0.25) is 4.34 Å². The molecule has 0 spiro atoms. The second-order valence-electron chi connectivity index (χ2n) is 4.08. The molecule has 0 saturated heterocycles. The molecule has 1 aromatic heterocycles. The van der Waals surface area contributed by atoms with Crippen LogP contribution in [0.15, 0.2) is 35.2 Å². The third-order valence-corrected chi connectivity index (χ3v) is 4.76. The molecule has 0 fully saturated rings. The van der Waals surface area contributed by atoms with E-state index >= 15 is 0 Å². The minimum absolute atomic E-state index is 0.102. The fourth-order valence-corrected chi connectivity index (χ4v) is 3.16. The van der Waals surface area contributed by atoms with Crippen molar-refractivity contribution in [1.82, 2.24) is 0 Å². The maximum Gasteiger partial charge on any atom is 0.238 e. The van der Waals surface area contributed by atoms with Crippen LogP contribution in [-0.2, 0) is 16.6 Å². The van der Waals surface area contributed by atoms with E-state index in [1.165, 1.54) is 17.4 Å². The highest BCUT2D eigenvalue weighted by Crippen LogP contribution is 2.24. The Morgan fingerprint density at radius 1 is 1.32 bits per heavy atom. The van der Waals surface area contributed by atoms with E-state index in [4.69, 9.17) is 16.7 Å². The molecule has 1 heterocycles. The number of hydrogen-bond acceptors (Lipinski definition) is 4. The molecular weight excluding hydrogens is 304 g/mol. The Morgan fingerprint density at radius 2 is 2.05 bits per heavy atom. The van der Waals surface area contributed by atoms with Crippen molar-refractivity contribution in [3.8, 4) is 0 Å². The van der Waals surface area contributed by atoms with Gasteiger partial charge in [0.2, 0.25) is 10.0 Å².